The molecule has 0 unspecified atom stereocenters. The second-order valence-electron chi connectivity index (χ2n) is 0. The van der Waals surface area contributed by atoms with Gasteiger partial charge in [-0.2, -0.15) is 5.96 Å². The molecule has 0 bridgehead atoms. The van der Waals surface area contributed by atoms with Gasteiger partial charge in [0.15, 0.2) is 0 Å². The van der Waals surface area contributed by atoms with Crippen LogP contribution in [0, 0.1) is 0 Å². The fourth-order valence-electron chi connectivity index (χ4n) is 0. The summed E-state index contributed by atoms with van der Waals surface area (Å²) in [6.45, 7) is 0. The molecule has 32 valence electrons. The summed E-state index contributed by atoms with van der Waals surface area (Å²) in [5, 5.41) is 0. The number of hydrogen-bond donors (Lipinski definition) is 1. The van der Waals surface area contributed by atoms with Crippen LogP contribution in [0.4, 0.5) is 4.48 Å². The topological polar surface area (TPSA) is 26.0 Å². The van der Waals surface area contributed by atoms with Crippen LogP contribution >= 0.6 is 0 Å². The standard InChI is InChI=1S/FH2N.2FH.Sn/c1-2;;;/h2H2;2*1H;/q;;;+2/p-2. The molecule has 0 aliphatic heterocycles. The summed E-state index contributed by atoms with van der Waals surface area (Å²) in [4.78, 5) is 0. The van der Waals surface area contributed by atoms with Crippen LogP contribution in [-0.2, 0) is 0 Å². The predicted octanol–water partition coefficient (Wildman–Crippen LogP) is -6.54. The van der Waals surface area contributed by atoms with Crippen molar-refractivity contribution < 1.29 is 13.9 Å². The Labute approximate surface area is 44.4 Å². The van der Waals surface area contributed by atoms with E-state index in [0.717, 1.165) is 0 Å². The van der Waals surface area contributed by atoms with E-state index in [1.165, 1.54) is 0 Å². The van der Waals surface area contributed by atoms with E-state index in [1.54, 1.807) is 0 Å². The fourth-order valence-corrected chi connectivity index (χ4v) is 0. The average Bonchev–Trinajstić information content (AvgIpc) is 1.00. The molecule has 0 saturated carbocycles. The second-order valence-corrected chi connectivity index (χ2v) is 0. The summed E-state index contributed by atoms with van der Waals surface area (Å²) in [7, 11) is 0. The van der Waals surface area contributed by atoms with Gasteiger partial charge in [-0.25, -0.2) is 0 Å². The van der Waals surface area contributed by atoms with E-state index in [4.69, 9.17) is 4.48 Å². The zero-order valence-electron chi connectivity index (χ0n) is 2.21. The summed E-state index contributed by atoms with van der Waals surface area (Å²) >= 11 is 0. The van der Waals surface area contributed by atoms with Gasteiger partial charge in [-0.05, 0) is 0 Å². The molecule has 0 aliphatic rings. The number of hydrogen-bond acceptors (Lipinski definition) is 1. The predicted molar refractivity (Wildman–Crippen MR) is 11.0 cm³/mol. The van der Waals surface area contributed by atoms with E-state index in [-0.39, 0.29) is 33.3 Å². The Morgan fingerprint density at radius 2 is 1.00 bits per heavy atom. The molecule has 0 atom stereocenters. The van der Waals surface area contributed by atoms with Gasteiger partial charge in [0.1, 0.15) is 0 Å². The average molecular weight is 192 g/mol. The molecule has 0 saturated heterocycles. The first kappa shape index (κ1) is 47.9. The quantitative estimate of drug-likeness (QED) is 0.299. The Morgan fingerprint density at radius 1 is 1.00 bits per heavy atom. The third-order valence-corrected chi connectivity index (χ3v) is 0. The number of halogens is 3. The van der Waals surface area contributed by atoms with E-state index in [0.29, 0.717) is 0 Å². The van der Waals surface area contributed by atoms with Crippen LogP contribution in [-0.4, -0.2) is 23.9 Å². The van der Waals surface area contributed by atoms with Crippen LogP contribution in [0.15, 0.2) is 0 Å². The molecule has 2 N–H and O–H groups in total. The Kier molecular flexibility index (Phi) is 1820. The largest absolute Gasteiger partial charge is 2.00 e. The summed E-state index contributed by atoms with van der Waals surface area (Å²) in [5.41, 5.74) is 0. The van der Waals surface area contributed by atoms with Gasteiger partial charge < -0.3 is 9.41 Å². The van der Waals surface area contributed by atoms with Crippen molar-refractivity contribution in [1.29, 1.82) is 0 Å². The van der Waals surface area contributed by atoms with Gasteiger partial charge in [0, 0.05) is 0 Å². The van der Waals surface area contributed by atoms with Crippen molar-refractivity contribution in [2.45, 2.75) is 0 Å². The van der Waals surface area contributed by atoms with Crippen molar-refractivity contribution in [3.8, 4) is 0 Å². The van der Waals surface area contributed by atoms with Crippen LogP contribution < -0.4 is 15.4 Å². The minimum atomic E-state index is 0. The molecule has 0 heterocycles. The first-order chi connectivity index (χ1) is 1.00. The third-order valence-electron chi connectivity index (χ3n) is 0. The van der Waals surface area contributed by atoms with Crippen molar-refractivity contribution in [1.82, 2.24) is 0 Å². The number of nitrogens with two attached hydrogens (primary N) is 1. The summed E-state index contributed by atoms with van der Waals surface area (Å²) in [6, 6.07) is 0. The molecule has 0 spiro atoms. The van der Waals surface area contributed by atoms with E-state index < -0.39 is 0 Å². The Balaban J connectivity index is -0.00000000167. The molecular formula is H2F3NSn. The molecule has 5 heteroatoms. The Hall–Kier alpha value is 0.549. The van der Waals surface area contributed by atoms with Crippen LogP contribution in [0.2, 0.25) is 0 Å². The molecule has 0 aromatic heterocycles. The first-order valence-electron chi connectivity index (χ1n) is 0.218. The molecule has 5 heavy (non-hydrogen) atoms. The van der Waals surface area contributed by atoms with Crippen molar-refractivity contribution in [3.05, 3.63) is 0 Å². The maximum atomic E-state index is 9.00. The first-order valence-corrected chi connectivity index (χ1v) is 0.218. The summed E-state index contributed by atoms with van der Waals surface area (Å²) in [5.74, 6) is 3.00. The van der Waals surface area contributed by atoms with Crippen molar-refractivity contribution >= 4 is 23.9 Å². The van der Waals surface area contributed by atoms with Crippen LogP contribution in [0.1, 0.15) is 0 Å². The molecule has 0 aromatic rings. The van der Waals surface area contributed by atoms with Gasteiger partial charge >= 0.3 is 23.9 Å². The Bertz CT molecular complexity index is 6.85. The zero-order valence-corrected chi connectivity index (χ0v) is 5.07. The molecule has 0 rings (SSSR count). The van der Waals surface area contributed by atoms with Crippen molar-refractivity contribution in [2.75, 3.05) is 0 Å². The monoisotopic (exact) mass is 193 g/mol. The van der Waals surface area contributed by atoms with E-state index in [9.17, 15) is 0 Å². The molecule has 1 nitrogen and oxygen atoms in total. The van der Waals surface area contributed by atoms with Crippen LogP contribution in [0.5, 0.6) is 0 Å². The molecule has 0 aliphatic carbocycles. The number of rotatable bonds is 0. The zero-order chi connectivity index (χ0) is 2.00. The minimum absolute atomic E-state index is 0. The van der Waals surface area contributed by atoms with Crippen molar-refractivity contribution in [3.63, 3.8) is 0 Å². The van der Waals surface area contributed by atoms with Crippen LogP contribution in [0.25, 0.3) is 0 Å². The molecular weight excluding hydrogens is 190 g/mol. The van der Waals surface area contributed by atoms with Gasteiger partial charge in [-0.3, -0.25) is 0 Å². The van der Waals surface area contributed by atoms with Gasteiger partial charge in [0.05, 0.1) is 0 Å². The molecule has 2 radical (unpaired) electrons. The fraction of sp³-hybridized carbons (Fsp3) is 0. The van der Waals surface area contributed by atoms with Gasteiger partial charge in [-0.1, -0.05) is 0 Å². The van der Waals surface area contributed by atoms with Gasteiger partial charge in [0.25, 0.3) is 0 Å². The smallest absolute Gasteiger partial charge is 1.00 e. The molecule has 0 fully saturated rings. The molecule has 0 amide bonds. The SMILES string of the molecule is NF.[F-].[F-].[Sn+2]. The molecule has 0 aromatic carbocycles. The summed E-state index contributed by atoms with van der Waals surface area (Å²) < 4.78 is 9.00. The maximum Gasteiger partial charge on any atom is 2.00 e. The van der Waals surface area contributed by atoms with Crippen LogP contribution in [0.3, 0.4) is 0 Å². The normalized spacial score (nSPS) is 1.20. The second kappa shape index (κ2) is 190. The maximum absolute atomic E-state index is 9.00. The van der Waals surface area contributed by atoms with Gasteiger partial charge in [0.2, 0.25) is 0 Å². The van der Waals surface area contributed by atoms with Crippen molar-refractivity contribution in [2.24, 2.45) is 5.96 Å². The summed E-state index contributed by atoms with van der Waals surface area (Å²) in [6.07, 6.45) is 0. The minimum Gasteiger partial charge on any atom is -1.00 e. The Morgan fingerprint density at radius 3 is 1.00 bits per heavy atom. The van der Waals surface area contributed by atoms with E-state index in [2.05, 4.69) is 5.96 Å². The third kappa shape index (κ3) is 98.1. The van der Waals surface area contributed by atoms with E-state index >= 15 is 0 Å². The van der Waals surface area contributed by atoms with Gasteiger partial charge in [-0.15, -0.1) is 4.48 Å². The van der Waals surface area contributed by atoms with E-state index in [1.807, 2.05) is 0 Å².